The Morgan fingerprint density at radius 1 is 1.16 bits per heavy atom. The van der Waals surface area contributed by atoms with Crippen LogP contribution in [0.1, 0.15) is 63.4 Å². The van der Waals surface area contributed by atoms with Crippen LogP contribution < -0.4 is 15.8 Å². The van der Waals surface area contributed by atoms with Crippen molar-refractivity contribution < 1.29 is 18.7 Å². The maximum absolute atomic E-state index is 13.2. The summed E-state index contributed by atoms with van der Waals surface area (Å²) in [5.41, 5.74) is 7.21. The highest BCUT2D eigenvalue weighted by atomic mass is 19.1. The van der Waals surface area contributed by atoms with E-state index in [4.69, 9.17) is 15.2 Å². The van der Waals surface area contributed by atoms with Crippen molar-refractivity contribution in [3.63, 3.8) is 0 Å². The Morgan fingerprint density at radius 2 is 1.87 bits per heavy atom. The maximum Gasteiger partial charge on any atom is 0.226 e. The highest BCUT2D eigenvalue weighted by Crippen LogP contribution is 2.55. The van der Waals surface area contributed by atoms with E-state index in [1.54, 1.807) is 7.11 Å². The van der Waals surface area contributed by atoms with Gasteiger partial charge in [0, 0.05) is 30.7 Å². The first kappa shape index (κ1) is 22.3. The smallest absolute Gasteiger partial charge is 0.226 e. The van der Waals surface area contributed by atoms with Crippen LogP contribution in [0.15, 0.2) is 36.2 Å². The van der Waals surface area contributed by atoms with Crippen molar-refractivity contribution in [3.8, 4) is 5.75 Å². The van der Waals surface area contributed by atoms with Crippen molar-refractivity contribution in [2.45, 2.75) is 75.3 Å². The number of benzene rings is 1. The molecule has 0 atom stereocenters. The molecule has 0 heterocycles. The third-order valence-electron chi connectivity index (χ3n) is 8.03. The molecule has 0 aromatic heterocycles. The Hall–Kier alpha value is -1.92. The number of fused-ring (bicyclic) bond motifs is 4. The molecule has 5 rings (SSSR count). The number of carbonyl (C=O) groups is 1. The number of methoxy groups -OCH3 is 1. The van der Waals surface area contributed by atoms with E-state index < -0.39 is 0 Å². The topological polar surface area (TPSA) is 73.6 Å². The minimum absolute atomic E-state index is 0.150. The molecule has 4 aliphatic carbocycles. The normalized spacial score (nSPS) is 32.8. The summed E-state index contributed by atoms with van der Waals surface area (Å²) in [6.45, 7) is 0.321. The molecule has 0 unspecified atom stereocenters. The Balaban J connectivity index is 1.38. The van der Waals surface area contributed by atoms with Gasteiger partial charge < -0.3 is 20.5 Å². The first-order valence-electron chi connectivity index (χ1n) is 11.6. The Kier molecular flexibility index (Phi) is 6.68. The van der Waals surface area contributed by atoms with Gasteiger partial charge in [-0.1, -0.05) is 18.6 Å². The molecule has 5 nitrogen and oxygen atoms in total. The molecule has 1 aromatic rings. The fraction of sp³-hybridized carbons (Fsp3) is 0.640. The lowest BCUT2D eigenvalue weighted by atomic mass is 9.62. The van der Waals surface area contributed by atoms with Crippen LogP contribution in [0.4, 0.5) is 4.39 Å². The van der Waals surface area contributed by atoms with Crippen LogP contribution in [0.2, 0.25) is 0 Å². The molecule has 3 N–H and O–H groups in total. The molecule has 2 bridgehead atoms. The van der Waals surface area contributed by atoms with Crippen LogP contribution in [-0.4, -0.2) is 38.3 Å². The van der Waals surface area contributed by atoms with Gasteiger partial charge in [-0.15, -0.1) is 0 Å². The summed E-state index contributed by atoms with van der Waals surface area (Å²) >= 11 is 0. The van der Waals surface area contributed by atoms with Crippen LogP contribution in [0.5, 0.6) is 5.75 Å². The second kappa shape index (κ2) is 9.29. The lowest BCUT2D eigenvalue weighted by Crippen LogP contribution is -2.53. The van der Waals surface area contributed by atoms with Gasteiger partial charge in [-0.25, -0.2) is 4.39 Å². The summed E-state index contributed by atoms with van der Waals surface area (Å²) < 4.78 is 23.7. The van der Waals surface area contributed by atoms with Crippen LogP contribution in [0.3, 0.4) is 0 Å². The number of amides is 1. The number of nitrogens with one attached hydrogen (secondary N) is 1. The van der Waals surface area contributed by atoms with Gasteiger partial charge in [0.2, 0.25) is 5.91 Å². The average molecular weight is 431 g/mol. The Morgan fingerprint density at radius 3 is 2.48 bits per heavy atom. The largest absolute Gasteiger partial charge is 0.489 e. The SMILES string of the molecule is CO[C@H]1C[C@@H](NC(=O)C23CCCC(c4ccc(OC/C(=C/F)CN)cc4)(CC2)CC3)C1. The number of halogens is 1. The van der Waals surface area contributed by atoms with E-state index in [0.29, 0.717) is 18.0 Å². The molecule has 4 saturated carbocycles. The standard InChI is InChI=1S/C25H35FN2O3/c1-30-22-13-20(14-22)28-23(29)25-8-2-7-24(9-11-25,10-12-25)19-3-5-21(6-4-19)31-17-18(15-26)16-27/h3-6,15,20,22H,2,7-14,16-17,27H2,1H3,(H,28,29)/b18-15+/t20-,22+,24?,25?. The molecule has 170 valence electrons. The van der Waals surface area contributed by atoms with Gasteiger partial charge in [-0.05, 0) is 74.5 Å². The number of rotatable bonds is 8. The molecular weight excluding hydrogens is 395 g/mol. The van der Waals surface area contributed by atoms with E-state index in [1.807, 2.05) is 12.1 Å². The number of hydrogen-bond acceptors (Lipinski definition) is 4. The van der Waals surface area contributed by atoms with E-state index in [9.17, 15) is 9.18 Å². The van der Waals surface area contributed by atoms with Gasteiger partial charge in [0.15, 0.2) is 0 Å². The van der Waals surface area contributed by atoms with E-state index in [0.717, 1.165) is 63.5 Å². The number of carbonyl (C=O) groups excluding carboxylic acids is 1. The van der Waals surface area contributed by atoms with Crippen molar-refractivity contribution in [2.24, 2.45) is 11.1 Å². The lowest BCUT2D eigenvalue weighted by Gasteiger charge is -2.44. The molecule has 0 aliphatic heterocycles. The predicted molar refractivity (Wildman–Crippen MR) is 119 cm³/mol. The van der Waals surface area contributed by atoms with Crippen LogP contribution in [0, 0.1) is 5.41 Å². The first-order chi connectivity index (χ1) is 15.0. The first-order valence-corrected chi connectivity index (χ1v) is 11.6. The van der Waals surface area contributed by atoms with Gasteiger partial charge in [0.25, 0.3) is 0 Å². The highest BCUT2D eigenvalue weighted by Gasteiger charge is 2.50. The fourth-order valence-corrected chi connectivity index (χ4v) is 5.68. The van der Waals surface area contributed by atoms with Crippen LogP contribution in [-0.2, 0) is 14.9 Å². The van der Waals surface area contributed by atoms with Crippen molar-refractivity contribution in [1.82, 2.24) is 5.32 Å². The zero-order valence-electron chi connectivity index (χ0n) is 18.5. The number of nitrogens with two attached hydrogens (primary N) is 1. The second-order valence-corrected chi connectivity index (χ2v) is 9.70. The van der Waals surface area contributed by atoms with Gasteiger partial charge in [-0.3, -0.25) is 4.79 Å². The second-order valence-electron chi connectivity index (χ2n) is 9.70. The van der Waals surface area contributed by atoms with E-state index >= 15 is 0 Å². The van der Waals surface area contributed by atoms with Crippen LogP contribution >= 0.6 is 0 Å². The molecule has 1 amide bonds. The summed E-state index contributed by atoms with van der Waals surface area (Å²) in [6, 6.07) is 8.52. The zero-order chi connectivity index (χ0) is 21.9. The number of ether oxygens (including phenoxy) is 2. The summed E-state index contributed by atoms with van der Waals surface area (Å²) in [6.07, 6.45) is 9.90. The van der Waals surface area contributed by atoms with Gasteiger partial charge in [0.05, 0.1) is 12.4 Å². The summed E-state index contributed by atoms with van der Waals surface area (Å²) in [4.78, 5) is 13.2. The van der Waals surface area contributed by atoms with Crippen molar-refractivity contribution in [1.29, 1.82) is 0 Å². The van der Waals surface area contributed by atoms with E-state index in [-0.39, 0.29) is 35.9 Å². The van der Waals surface area contributed by atoms with Crippen molar-refractivity contribution in [2.75, 3.05) is 20.3 Å². The van der Waals surface area contributed by atoms with Crippen LogP contribution in [0.25, 0.3) is 0 Å². The minimum atomic E-state index is -0.196. The van der Waals surface area contributed by atoms with Gasteiger partial charge in [-0.2, -0.15) is 0 Å². The quantitative estimate of drug-likeness (QED) is 0.650. The summed E-state index contributed by atoms with van der Waals surface area (Å²) in [5.74, 6) is 0.990. The monoisotopic (exact) mass is 430 g/mol. The van der Waals surface area contributed by atoms with E-state index in [2.05, 4.69) is 17.4 Å². The molecule has 4 fully saturated rings. The Labute approximate surface area is 184 Å². The van der Waals surface area contributed by atoms with Gasteiger partial charge >= 0.3 is 0 Å². The molecule has 0 saturated heterocycles. The Bertz CT molecular complexity index is 793. The van der Waals surface area contributed by atoms with E-state index in [1.165, 1.54) is 5.56 Å². The molecular formula is C25H35FN2O3. The van der Waals surface area contributed by atoms with Crippen molar-refractivity contribution in [3.05, 3.63) is 41.7 Å². The maximum atomic E-state index is 13.2. The molecule has 4 aliphatic rings. The molecule has 0 spiro atoms. The third-order valence-corrected chi connectivity index (χ3v) is 8.03. The summed E-state index contributed by atoms with van der Waals surface area (Å²) in [5, 5.41) is 3.31. The summed E-state index contributed by atoms with van der Waals surface area (Å²) in [7, 11) is 1.74. The number of hydrogen-bond donors (Lipinski definition) is 2. The predicted octanol–water partition coefficient (Wildman–Crippen LogP) is 4.15. The average Bonchev–Trinajstić information content (AvgIpc) is 3.09. The highest BCUT2D eigenvalue weighted by molar-refractivity contribution is 5.83. The van der Waals surface area contributed by atoms with Gasteiger partial charge in [0.1, 0.15) is 12.4 Å². The minimum Gasteiger partial charge on any atom is -0.489 e. The molecule has 6 heteroatoms. The third kappa shape index (κ3) is 4.51. The molecule has 0 radical (unpaired) electrons. The molecule has 1 aromatic carbocycles. The van der Waals surface area contributed by atoms with Crippen molar-refractivity contribution >= 4 is 5.91 Å². The zero-order valence-corrected chi connectivity index (χ0v) is 18.5. The lowest BCUT2D eigenvalue weighted by molar-refractivity contribution is -0.136. The molecule has 31 heavy (non-hydrogen) atoms. The fourth-order valence-electron chi connectivity index (χ4n) is 5.68.